The van der Waals surface area contributed by atoms with Crippen LogP contribution in [-0.2, 0) is 6.54 Å². The topological polar surface area (TPSA) is 43.8 Å². The van der Waals surface area contributed by atoms with Crippen molar-refractivity contribution in [2.24, 2.45) is 0 Å². The Labute approximate surface area is 91.1 Å². The van der Waals surface area contributed by atoms with E-state index in [2.05, 4.69) is 5.10 Å². The first-order valence-electron chi connectivity index (χ1n) is 4.18. The van der Waals surface area contributed by atoms with Crippen LogP contribution >= 0.6 is 22.9 Å². The van der Waals surface area contributed by atoms with Crippen LogP contribution in [0.15, 0.2) is 17.6 Å². The number of aromatic nitrogens is 2. The van der Waals surface area contributed by atoms with Crippen molar-refractivity contribution in [1.29, 1.82) is 0 Å². The molecular formula is C9H10ClN3S. The number of nitrogens with two attached hydrogens (primary N) is 1. The average Bonchev–Trinajstić information content (AvgIpc) is 2.63. The molecule has 0 fully saturated rings. The molecule has 74 valence electrons. The first-order valence-corrected chi connectivity index (χ1v) is 5.44. The third-order valence-corrected chi connectivity index (χ3v) is 3.26. The van der Waals surface area contributed by atoms with Crippen LogP contribution in [0.1, 0.15) is 11.1 Å². The van der Waals surface area contributed by atoms with E-state index in [1.54, 1.807) is 4.68 Å². The molecule has 0 amide bonds. The van der Waals surface area contributed by atoms with Crippen molar-refractivity contribution in [1.82, 2.24) is 9.78 Å². The number of hydrogen-bond acceptors (Lipinski definition) is 3. The Hall–Kier alpha value is -1.00. The van der Waals surface area contributed by atoms with Crippen molar-refractivity contribution < 1.29 is 0 Å². The predicted octanol–water partition coefficient (Wildman–Crippen LogP) is 2.54. The van der Waals surface area contributed by atoms with Gasteiger partial charge >= 0.3 is 0 Å². The highest BCUT2D eigenvalue weighted by atomic mass is 35.5. The summed E-state index contributed by atoms with van der Waals surface area (Å²) >= 11 is 7.51. The lowest BCUT2D eigenvalue weighted by Gasteiger charge is -1.98. The molecule has 2 aromatic rings. The molecule has 0 aliphatic rings. The summed E-state index contributed by atoms with van der Waals surface area (Å²) in [6, 6.07) is 2.00. The molecule has 0 aliphatic carbocycles. The minimum Gasteiger partial charge on any atom is -0.382 e. The molecule has 0 aromatic carbocycles. The Balaban J connectivity index is 2.23. The third kappa shape index (κ3) is 1.76. The summed E-state index contributed by atoms with van der Waals surface area (Å²) in [5, 5.41) is 6.14. The number of rotatable bonds is 2. The molecule has 0 unspecified atom stereocenters. The van der Waals surface area contributed by atoms with Crippen molar-refractivity contribution in [3.63, 3.8) is 0 Å². The SMILES string of the molecule is Cc1cn(Cc2ccsc2Cl)nc1N. The standard InChI is InChI=1S/C9H10ClN3S/c1-6-4-13(12-9(6)11)5-7-2-3-14-8(7)10/h2-4H,5H2,1H3,(H2,11,12). The quantitative estimate of drug-likeness (QED) is 0.857. The smallest absolute Gasteiger partial charge is 0.148 e. The number of halogens is 1. The number of nitrogen functional groups attached to an aromatic ring is 1. The minimum atomic E-state index is 0.580. The van der Waals surface area contributed by atoms with Gasteiger partial charge in [0.25, 0.3) is 0 Å². The maximum atomic E-state index is 5.98. The zero-order chi connectivity index (χ0) is 10.1. The van der Waals surface area contributed by atoms with E-state index in [-0.39, 0.29) is 0 Å². The number of aryl methyl sites for hydroxylation is 1. The molecule has 0 bridgehead atoms. The van der Waals surface area contributed by atoms with Crippen LogP contribution in [0.2, 0.25) is 4.34 Å². The molecular weight excluding hydrogens is 218 g/mol. The maximum absolute atomic E-state index is 5.98. The van der Waals surface area contributed by atoms with Gasteiger partial charge in [0.15, 0.2) is 0 Å². The van der Waals surface area contributed by atoms with E-state index in [1.807, 2.05) is 24.6 Å². The van der Waals surface area contributed by atoms with Crippen LogP contribution in [-0.4, -0.2) is 9.78 Å². The first-order chi connectivity index (χ1) is 6.66. The van der Waals surface area contributed by atoms with Gasteiger partial charge in [-0.15, -0.1) is 11.3 Å². The van der Waals surface area contributed by atoms with Gasteiger partial charge < -0.3 is 5.73 Å². The molecule has 0 radical (unpaired) electrons. The van der Waals surface area contributed by atoms with Gasteiger partial charge in [0, 0.05) is 17.3 Å². The molecule has 2 N–H and O–H groups in total. The van der Waals surface area contributed by atoms with E-state index in [1.165, 1.54) is 11.3 Å². The molecule has 0 aliphatic heterocycles. The van der Waals surface area contributed by atoms with Crippen molar-refractivity contribution in [2.45, 2.75) is 13.5 Å². The summed E-state index contributed by atoms with van der Waals surface area (Å²) in [5.41, 5.74) is 7.72. The molecule has 14 heavy (non-hydrogen) atoms. The Bertz CT molecular complexity index is 427. The molecule has 5 heteroatoms. The molecule has 0 saturated carbocycles. The zero-order valence-electron chi connectivity index (χ0n) is 7.70. The summed E-state index contributed by atoms with van der Waals surface area (Å²) in [5.74, 6) is 0.580. The lowest BCUT2D eigenvalue weighted by atomic mass is 10.3. The summed E-state index contributed by atoms with van der Waals surface area (Å²) in [6.45, 7) is 2.62. The fourth-order valence-corrected chi connectivity index (χ4v) is 2.14. The van der Waals surface area contributed by atoms with Gasteiger partial charge in [-0.3, -0.25) is 4.68 Å². The monoisotopic (exact) mass is 227 g/mol. The Kier molecular flexibility index (Phi) is 2.48. The third-order valence-electron chi connectivity index (χ3n) is 2.01. The Morgan fingerprint density at radius 3 is 2.93 bits per heavy atom. The lowest BCUT2D eigenvalue weighted by Crippen LogP contribution is -2.00. The van der Waals surface area contributed by atoms with Gasteiger partial charge in [0.1, 0.15) is 5.82 Å². The van der Waals surface area contributed by atoms with Crippen molar-refractivity contribution in [3.8, 4) is 0 Å². The van der Waals surface area contributed by atoms with Crippen LogP contribution < -0.4 is 5.73 Å². The summed E-state index contributed by atoms with van der Waals surface area (Å²) in [6.07, 6.45) is 1.92. The molecule has 2 rings (SSSR count). The zero-order valence-corrected chi connectivity index (χ0v) is 9.27. The second-order valence-corrected chi connectivity index (χ2v) is 4.63. The average molecular weight is 228 g/mol. The molecule has 0 saturated heterocycles. The molecule has 2 heterocycles. The fourth-order valence-electron chi connectivity index (χ4n) is 1.22. The van der Waals surface area contributed by atoms with Gasteiger partial charge in [-0.25, -0.2) is 0 Å². The molecule has 0 spiro atoms. The highest BCUT2D eigenvalue weighted by Gasteiger charge is 2.05. The normalized spacial score (nSPS) is 10.7. The van der Waals surface area contributed by atoms with Crippen LogP contribution in [0.3, 0.4) is 0 Å². The summed E-state index contributed by atoms with van der Waals surface area (Å²) in [4.78, 5) is 0. The van der Waals surface area contributed by atoms with Gasteiger partial charge in [0.05, 0.1) is 10.9 Å². The number of hydrogen-bond donors (Lipinski definition) is 1. The van der Waals surface area contributed by atoms with Crippen molar-refractivity contribution >= 4 is 28.8 Å². The lowest BCUT2D eigenvalue weighted by molar-refractivity contribution is 0.691. The van der Waals surface area contributed by atoms with Crippen molar-refractivity contribution in [2.75, 3.05) is 5.73 Å². The number of nitrogens with zero attached hydrogens (tertiary/aromatic N) is 2. The van der Waals surface area contributed by atoms with Gasteiger partial charge in [-0.05, 0) is 18.4 Å². The van der Waals surface area contributed by atoms with Crippen LogP contribution in [0.4, 0.5) is 5.82 Å². The van der Waals surface area contributed by atoms with Crippen LogP contribution in [0.5, 0.6) is 0 Å². The molecule has 3 nitrogen and oxygen atoms in total. The van der Waals surface area contributed by atoms with Gasteiger partial charge in [-0.1, -0.05) is 11.6 Å². The second kappa shape index (κ2) is 3.63. The summed E-state index contributed by atoms with van der Waals surface area (Å²) in [7, 11) is 0. The van der Waals surface area contributed by atoms with Gasteiger partial charge in [0.2, 0.25) is 0 Å². The predicted molar refractivity (Wildman–Crippen MR) is 59.8 cm³/mol. The first kappa shape index (κ1) is 9.55. The molecule has 2 aromatic heterocycles. The Morgan fingerprint density at radius 2 is 2.43 bits per heavy atom. The highest BCUT2D eigenvalue weighted by Crippen LogP contribution is 2.23. The van der Waals surface area contributed by atoms with Crippen LogP contribution in [0.25, 0.3) is 0 Å². The van der Waals surface area contributed by atoms with E-state index in [0.29, 0.717) is 12.4 Å². The largest absolute Gasteiger partial charge is 0.382 e. The number of thiophene rings is 1. The second-order valence-electron chi connectivity index (χ2n) is 3.11. The summed E-state index contributed by atoms with van der Waals surface area (Å²) < 4.78 is 2.62. The Morgan fingerprint density at radius 1 is 1.64 bits per heavy atom. The fraction of sp³-hybridized carbons (Fsp3) is 0.222. The maximum Gasteiger partial charge on any atom is 0.148 e. The number of anilines is 1. The van der Waals surface area contributed by atoms with E-state index >= 15 is 0 Å². The van der Waals surface area contributed by atoms with E-state index in [0.717, 1.165) is 15.5 Å². The molecule has 0 atom stereocenters. The van der Waals surface area contributed by atoms with E-state index in [9.17, 15) is 0 Å². The van der Waals surface area contributed by atoms with Crippen molar-refractivity contribution in [3.05, 3.63) is 33.1 Å². The van der Waals surface area contributed by atoms with E-state index < -0.39 is 0 Å². The van der Waals surface area contributed by atoms with Crippen LogP contribution in [0, 0.1) is 6.92 Å². The van der Waals surface area contributed by atoms with Gasteiger partial charge in [-0.2, -0.15) is 5.10 Å². The van der Waals surface area contributed by atoms with E-state index in [4.69, 9.17) is 17.3 Å². The highest BCUT2D eigenvalue weighted by molar-refractivity contribution is 7.14. The minimum absolute atomic E-state index is 0.580.